The van der Waals surface area contributed by atoms with Crippen molar-refractivity contribution in [3.05, 3.63) is 58.1 Å². The predicted octanol–water partition coefficient (Wildman–Crippen LogP) is 4.25. The van der Waals surface area contributed by atoms with Gasteiger partial charge in [0, 0.05) is 17.8 Å². The largest absolute Gasteiger partial charge is 0.497 e. The highest BCUT2D eigenvalue weighted by molar-refractivity contribution is 6.42. The number of carbonyl (C=O) groups is 2. The van der Waals surface area contributed by atoms with Gasteiger partial charge in [0.25, 0.3) is 5.91 Å². The van der Waals surface area contributed by atoms with E-state index in [1.165, 1.54) is 6.07 Å². The number of benzene rings is 2. The van der Waals surface area contributed by atoms with Crippen LogP contribution in [0.3, 0.4) is 0 Å². The Hall–Kier alpha value is -2.24. The van der Waals surface area contributed by atoms with Crippen LogP contribution in [0.1, 0.15) is 23.2 Å². The highest BCUT2D eigenvalue weighted by atomic mass is 35.5. The van der Waals surface area contributed by atoms with Crippen LogP contribution in [0.25, 0.3) is 0 Å². The molecule has 0 radical (unpaired) electrons. The molecule has 1 saturated heterocycles. The van der Waals surface area contributed by atoms with Crippen LogP contribution in [0, 0.1) is 0 Å². The maximum Gasteiger partial charge on any atom is 0.254 e. The van der Waals surface area contributed by atoms with Gasteiger partial charge < -0.3 is 15.0 Å². The predicted molar refractivity (Wildman–Crippen MR) is 102 cm³/mol. The highest BCUT2D eigenvalue weighted by Gasteiger charge is 2.34. The van der Waals surface area contributed by atoms with Crippen molar-refractivity contribution in [3.8, 4) is 5.75 Å². The maximum atomic E-state index is 12.8. The summed E-state index contributed by atoms with van der Waals surface area (Å²) in [5.41, 5.74) is 1.08. The molecular formula is C19H18Cl2N2O3. The van der Waals surface area contributed by atoms with Gasteiger partial charge in [-0.2, -0.15) is 0 Å². The van der Waals surface area contributed by atoms with E-state index in [-0.39, 0.29) is 11.8 Å². The van der Waals surface area contributed by atoms with Crippen LogP contribution in [0.5, 0.6) is 5.75 Å². The van der Waals surface area contributed by atoms with Crippen molar-refractivity contribution < 1.29 is 14.3 Å². The number of nitrogens with zero attached hydrogens (tertiary/aromatic N) is 1. The van der Waals surface area contributed by atoms with E-state index in [4.69, 9.17) is 27.9 Å². The minimum absolute atomic E-state index is 0.207. The van der Waals surface area contributed by atoms with Crippen molar-refractivity contribution in [2.75, 3.05) is 19.0 Å². The second kappa shape index (κ2) is 7.98. The van der Waals surface area contributed by atoms with Gasteiger partial charge in [0.15, 0.2) is 0 Å². The van der Waals surface area contributed by atoms with Gasteiger partial charge >= 0.3 is 0 Å². The van der Waals surface area contributed by atoms with E-state index in [2.05, 4.69) is 5.32 Å². The standard InChI is InChI=1S/C19H18Cl2N2O3/c1-26-14-7-5-13(6-8-14)22-18(24)17-3-2-10-23(17)19(25)12-4-9-15(20)16(21)11-12/h4-9,11,17H,2-3,10H2,1H3,(H,22,24). The molecule has 1 unspecified atom stereocenters. The van der Waals surface area contributed by atoms with Gasteiger partial charge in [-0.3, -0.25) is 9.59 Å². The normalized spacial score (nSPS) is 16.4. The number of hydrogen-bond acceptors (Lipinski definition) is 3. The molecule has 0 aromatic heterocycles. The molecule has 0 saturated carbocycles. The third-order valence-corrected chi connectivity index (χ3v) is 5.08. The zero-order chi connectivity index (χ0) is 18.7. The van der Waals surface area contributed by atoms with E-state index in [1.54, 1.807) is 48.4 Å². The zero-order valence-corrected chi connectivity index (χ0v) is 15.7. The van der Waals surface area contributed by atoms with Crippen LogP contribution in [-0.2, 0) is 4.79 Å². The lowest BCUT2D eigenvalue weighted by atomic mass is 10.1. The molecule has 7 heteroatoms. The number of hydrogen-bond donors (Lipinski definition) is 1. The molecule has 1 heterocycles. The summed E-state index contributed by atoms with van der Waals surface area (Å²) >= 11 is 11.9. The second-order valence-electron chi connectivity index (χ2n) is 6.00. The van der Waals surface area contributed by atoms with Crippen molar-refractivity contribution in [1.82, 2.24) is 4.90 Å². The van der Waals surface area contributed by atoms with Crippen LogP contribution in [0.15, 0.2) is 42.5 Å². The summed E-state index contributed by atoms with van der Waals surface area (Å²) < 4.78 is 5.10. The number of amides is 2. The smallest absolute Gasteiger partial charge is 0.254 e. The van der Waals surface area contributed by atoms with Crippen LogP contribution >= 0.6 is 23.2 Å². The number of likely N-dealkylation sites (tertiary alicyclic amines) is 1. The van der Waals surface area contributed by atoms with Gasteiger partial charge in [0.2, 0.25) is 5.91 Å². The first-order chi connectivity index (χ1) is 12.5. The Morgan fingerprint density at radius 3 is 2.50 bits per heavy atom. The molecule has 0 spiro atoms. The number of methoxy groups -OCH3 is 1. The molecular weight excluding hydrogens is 375 g/mol. The van der Waals surface area contributed by atoms with Crippen molar-refractivity contribution in [3.63, 3.8) is 0 Å². The molecule has 3 rings (SSSR count). The number of rotatable bonds is 4. The van der Waals surface area contributed by atoms with Crippen LogP contribution < -0.4 is 10.1 Å². The molecule has 5 nitrogen and oxygen atoms in total. The third-order valence-electron chi connectivity index (χ3n) is 4.34. The lowest BCUT2D eigenvalue weighted by molar-refractivity contribution is -0.119. The Morgan fingerprint density at radius 2 is 1.85 bits per heavy atom. The van der Waals surface area contributed by atoms with E-state index < -0.39 is 6.04 Å². The lowest BCUT2D eigenvalue weighted by Crippen LogP contribution is -2.43. The van der Waals surface area contributed by atoms with Crippen molar-refractivity contribution in [2.45, 2.75) is 18.9 Å². The molecule has 1 N–H and O–H groups in total. The molecule has 1 atom stereocenters. The lowest BCUT2D eigenvalue weighted by Gasteiger charge is -2.24. The van der Waals surface area contributed by atoms with E-state index in [9.17, 15) is 9.59 Å². The van der Waals surface area contributed by atoms with Crippen LogP contribution in [0.2, 0.25) is 10.0 Å². The Bertz CT molecular complexity index is 824. The monoisotopic (exact) mass is 392 g/mol. The molecule has 0 aliphatic carbocycles. The summed E-state index contributed by atoms with van der Waals surface area (Å²) in [6.07, 6.45) is 1.39. The fraction of sp³-hybridized carbons (Fsp3) is 0.263. The average molecular weight is 393 g/mol. The van der Waals surface area contributed by atoms with Gasteiger partial charge in [0.1, 0.15) is 11.8 Å². The molecule has 0 bridgehead atoms. The average Bonchev–Trinajstić information content (AvgIpc) is 3.14. The first-order valence-electron chi connectivity index (χ1n) is 8.20. The first-order valence-corrected chi connectivity index (χ1v) is 8.96. The summed E-state index contributed by atoms with van der Waals surface area (Å²) in [6, 6.07) is 11.3. The van der Waals surface area contributed by atoms with E-state index >= 15 is 0 Å². The molecule has 1 fully saturated rings. The highest BCUT2D eigenvalue weighted by Crippen LogP contribution is 2.26. The number of anilines is 1. The summed E-state index contributed by atoms with van der Waals surface area (Å²) in [4.78, 5) is 27.0. The molecule has 2 aromatic rings. The Morgan fingerprint density at radius 1 is 1.12 bits per heavy atom. The quantitative estimate of drug-likeness (QED) is 0.845. The zero-order valence-electron chi connectivity index (χ0n) is 14.2. The summed E-state index contributed by atoms with van der Waals surface area (Å²) in [5.74, 6) is 0.275. The summed E-state index contributed by atoms with van der Waals surface area (Å²) in [5, 5.41) is 3.56. The van der Waals surface area contributed by atoms with Crippen LogP contribution in [-0.4, -0.2) is 36.4 Å². The number of carbonyl (C=O) groups excluding carboxylic acids is 2. The number of halogens is 2. The molecule has 136 valence electrons. The SMILES string of the molecule is COc1ccc(NC(=O)C2CCCN2C(=O)c2ccc(Cl)c(Cl)c2)cc1. The number of nitrogens with one attached hydrogen (secondary N) is 1. The van der Waals surface area contributed by atoms with Crippen LogP contribution in [0.4, 0.5) is 5.69 Å². The molecule has 26 heavy (non-hydrogen) atoms. The Labute approximate surface area is 161 Å². The van der Waals surface area contributed by atoms with Crippen molar-refractivity contribution in [1.29, 1.82) is 0 Å². The van der Waals surface area contributed by atoms with Crippen molar-refractivity contribution >= 4 is 40.7 Å². The van der Waals surface area contributed by atoms with Gasteiger partial charge in [0.05, 0.1) is 17.2 Å². The van der Waals surface area contributed by atoms with E-state index in [0.29, 0.717) is 40.0 Å². The minimum atomic E-state index is -0.515. The Kier molecular flexibility index (Phi) is 5.69. The third kappa shape index (κ3) is 3.94. The van der Waals surface area contributed by atoms with Gasteiger partial charge in [-0.15, -0.1) is 0 Å². The first kappa shape index (κ1) is 18.5. The second-order valence-corrected chi connectivity index (χ2v) is 6.82. The minimum Gasteiger partial charge on any atom is -0.497 e. The molecule has 1 aliphatic rings. The fourth-order valence-corrected chi connectivity index (χ4v) is 3.28. The summed E-state index contributed by atoms with van der Waals surface area (Å²) in [7, 11) is 1.58. The van der Waals surface area contributed by atoms with E-state index in [1.807, 2.05) is 0 Å². The topological polar surface area (TPSA) is 58.6 Å². The van der Waals surface area contributed by atoms with Gasteiger partial charge in [-0.05, 0) is 55.3 Å². The fourth-order valence-electron chi connectivity index (χ4n) is 2.98. The molecule has 2 aromatic carbocycles. The molecule has 2 amide bonds. The van der Waals surface area contributed by atoms with Gasteiger partial charge in [-0.1, -0.05) is 23.2 Å². The van der Waals surface area contributed by atoms with Crippen molar-refractivity contribution in [2.24, 2.45) is 0 Å². The molecule has 1 aliphatic heterocycles. The van der Waals surface area contributed by atoms with E-state index in [0.717, 1.165) is 6.42 Å². The summed E-state index contributed by atoms with van der Waals surface area (Å²) in [6.45, 7) is 0.528. The van der Waals surface area contributed by atoms with Gasteiger partial charge in [-0.25, -0.2) is 0 Å². The number of ether oxygens (including phenoxy) is 1. The maximum absolute atomic E-state index is 12.8. The Balaban J connectivity index is 1.72.